The first kappa shape index (κ1) is 16.3. The van der Waals surface area contributed by atoms with Crippen LogP contribution in [0.1, 0.15) is 2.85 Å². The Morgan fingerprint density at radius 2 is 1.00 bits per heavy atom. The molecule has 0 aliphatic heterocycles. The molecular formula is H6BaO4SiZr. The molecule has 0 radical (unpaired) electrons. The number of hydrogen-bond donors (Lipinski definition) is 4. The molecule has 0 atom stereocenters. The van der Waals surface area contributed by atoms with Gasteiger partial charge in [0.1, 0.15) is 0 Å². The first-order chi connectivity index (χ1) is 2.00. The largest absolute Gasteiger partial charge is 2.00 e. The molecule has 0 aromatic carbocycles. The van der Waals surface area contributed by atoms with E-state index in [9.17, 15) is 0 Å². The van der Waals surface area contributed by atoms with Crippen molar-refractivity contribution < 1.29 is 48.2 Å². The summed E-state index contributed by atoms with van der Waals surface area (Å²) in [5, 5.41) is 0. The Bertz CT molecular complexity index is 34.0. The predicted octanol–water partition coefficient (Wildman–Crippen LogP) is -2.77. The maximum atomic E-state index is 7.33. The van der Waals surface area contributed by atoms with Gasteiger partial charge in [0.15, 0.2) is 0 Å². The van der Waals surface area contributed by atoms with E-state index in [1.807, 2.05) is 0 Å². The third-order valence-corrected chi connectivity index (χ3v) is 0. The van der Waals surface area contributed by atoms with Gasteiger partial charge in [-0.3, -0.25) is 0 Å². The van der Waals surface area contributed by atoms with Crippen LogP contribution in [-0.4, -0.2) is 77.1 Å². The SMILES string of the molecule is O[Si](O)(O)O.[Ba+2].[H-].[H-].[Zr]. The molecule has 0 saturated heterocycles. The Morgan fingerprint density at radius 3 is 1.00 bits per heavy atom. The molecule has 4 nitrogen and oxygen atoms in total. The molecule has 0 spiro atoms. The molecule has 0 rings (SSSR count). The fourth-order valence-corrected chi connectivity index (χ4v) is 0. The van der Waals surface area contributed by atoms with Gasteiger partial charge in [0.25, 0.3) is 0 Å². The monoisotopic (exact) mass is 326 g/mol. The smallest absolute Gasteiger partial charge is 1.00 e. The molecule has 0 aliphatic rings. The second-order valence-corrected chi connectivity index (χ2v) is 1.80. The zero-order valence-corrected chi connectivity index (χ0v) is 11.4. The Hall–Kier alpha value is 2.51. The summed E-state index contributed by atoms with van der Waals surface area (Å²) in [6.45, 7) is 0. The summed E-state index contributed by atoms with van der Waals surface area (Å²) < 4.78 is 0. The van der Waals surface area contributed by atoms with E-state index in [1.165, 1.54) is 0 Å². The van der Waals surface area contributed by atoms with Crippen LogP contribution in [0.15, 0.2) is 0 Å². The molecule has 0 bridgehead atoms. The van der Waals surface area contributed by atoms with Crippen molar-refractivity contribution in [3.8, 4) is 0 Å². The second-order valence-electron chi connectivity index (χ2n) is 0.600. The summed E-state index contributed by atoms with van der Waals surface area (Å²) in [6.07, 6.45) is 0. The fraction of sp³-hybridized carbons (Fsp3) is 0. The summed E-state index contributed by atoms with van der Waals surface area (Å²) in [5.74, 6) is 0. The quantitative estimate of drug-likeness (QED) is 0.363. The van der Waals surface area contributed by atoms with E-state index in [4.69, 9.17) is 19.2 Å². The normalized spacial score (nSPS) is 8.57. The molecule has 0 amide bonds. The third-order valence-electron chi connectivity index (χ3n) is 0. The van der Waals surface area contributed by atoms with Crippen molar-refractivity contribution >= 4 is 57.9 Å². The van der Waals surface area contributed by atoms with Crippen LogP contribution in [0.5, 0.6) is 0 Å². The molecule has 0 aromatic heterocycles. The zero-order valence-electron chi connectivity index (χ0n) is 5.50. The molecule has 0 fully saturated rings. The first-order valence-electron chi connectivity index (χ1n) is 0.894. The van der Waals surface area contributed by atoms with Gasteiger partial charge in [0.05, 0.1) is 0 Å². The van der Waals surface area contributed by atoms with E-state index < -0.39 is 9.05 Å². The fourth-order valence-electron chi connectivity index (χ4n) is 0. The van der Waals surface area contributed by atoms with Crippen LogP contribution >= 0.6 is 0 Å². The van der Waals surface area contributed by atoms with Gasteiger partial charge in [-0.15, -0.1) is 0 Å². The molecule has 7 heteroatoms. The molecule has 0 aromatic rings. The minimum atomic E-state index is -4.61. The average Bonchev–Trinajstić information content (AvgIpc) is 0.722. The van der Waals surface area contributed by atoms with Crippen molar-refractivity contribution in [2.45, 2.75) is 0 Å². The molecule has 0 aliphatic carbocycles. The average molecular weight is 327 g/mol. The van der Waals surface area contributed by atoms with Gasteiger partial charge >= 0.3 is 57.9 Å². The van der Waals surface area contributed by atoms with E-state index in [0.29, 0.717) is 0 Å². The number of hydrogen-bond acceptors (Lipinski definition) is 4. The molecular weight excluding hydrogens is 321 g/mol. The van der Waals surface area contributed by atoms with Gasteiger partial charge < -0.3 is 22.0 Å². The predicted molar refractivity (Wildman–Crippen MR) is 22.6 cm³/mol. The summed E-state index contributed by atoms with van der Waals surface area (Å²) >= 11 is 0. The van der Waals surface area contributed by atoms with Crippen molar-refractivity contribution in [1.29, 1.82) is 0 Å². The van der Waals surface area contributed by atoms with Crippen LogP contribution in [0.2, 0.25) is 0 Å². The van der Waals surface area contributed by atoms with Gasteiger partial charge in [-0.2, -0.15) is 0 Å². The molecule has 7 heavy (non-hydrogen) atoms. The Kier molecular flexibility index (Phi) is 15.4. The van der Waals surface area contributed by atoms with Crippen LogP contribution < -0.4 is 0 Å². The molecule has 40 valence electrons. The van der Waals surface area contributed by atoms with Crippen LogP contribution in [0.3, 0.4) is 0 Å². The summed E-state index contributed by atoms with van der Waals surface area (Å²) in [4.78, 5) is 29.3. The maximum Gasteiger partial charge on any atom is 2.00 e. The topological polar surface area (TPSA) is 80.9 Å². The van der Waals surface area contributed by atoms with E-state index in [1.54, 1.807) is 0 Å². The molecule has 4 N–H and O–H groups in total. The summed E-state index contributed by atoms with van der Waals surface area (Å²) in [7, 11) is -4.61. The zero-order chi connectivity index (χ0) is 4.50. The maximum absolute atomic E-state index is 7.33. The van der Waals surface area contributed by atoms with Crippen LogP contribution in [0.4, 0.5) is 0 Å². The summed E-state index contributed by atoms with van der Waals surface area (Å²) in [5.41, 5.74) is 0. The van der Waals surface area contributed by atoms with Gasteiger partial charge in [0, 0.05) is 26.2 Å². The van der Waals surface area contributed by atoms with Crippen molar-refractivity contribution in [3.63, 3.8) is 0 Å². The van der Waals surface area contributed by atoms with E-state index in [-0.39, 0.29) is 77.9 Å². The molecule has 0 heterocycles. The minimum Gasteiger partial charge on any atom is -1.00 e. The van der Waals surface area contributed by atoms with Crippen molar-refractivity contribution in [1.82, 2.24) is 0 Å². The molecule has 0 unspecified atom stereocenters. The summed E-state index contributed by atoms with van der Waals surface area (Å²) in [6, 6.07) is 0. The minimum absolute atomic E-state index is 0. The van der Waals surface area contributed by atoms with Gasteiger partial charge in [-0.1, -0.05) is 0 Å². The second kappa shape index (κ2) is 6.63. The van der Waals surface area contributed by atoms with Gasteiger partial charge in [-0.25, -0.2) is 0 Å². The standard InChI is InChI=1S/Ba.H4O4Si.Zr.2H/c;1-5(2,3)4;;;/h;1-4H;;;/q+2;;;2*-1. The van der Waals surface area contributed by atoms with Crippen LogP contribution in [-0.2, 0) is 26.2 Å². The van der Waals surface area contributed by atoms with Gasteiger partial charge in [0.2, 0.25) is 0 Å². The van der Waals surface area contributed by atoms with E-state index >= 15 is 0 Å². The Morgan fingerprint density at radius 1 is 1.00 bits per heavy atom. The number of rotatable bonds is 0. The Labute approximate surface area is 104 Å². The van der Waals surface area contributed by atoms with Crippen LogP contribution in [0, 0.1) is 0 Å². The van der Waals surface area contributed by atoms with Crippen LogP contribution in [0.25, 0.3) is 0 Å². The van der Waals surface area contributed by atoms with Crippen molar-refractivity contribution in [2.24, 2.45) is 0 Å². The van der Waals surface area contributed by atoms with Crippen molar-refractivity contribution in [2.75, 3.05) is 0 Å². The van der Waals surface area contributed by atoms with E-state index in [0.717, 1.165) is 0 Å². The van der Waals surface area contributed by atoms with Gasteiger partial charge in [-0.05, 0) is 0 Å². The molecule has 0 saturated carbocycles. The third kappa shape index (κ3) is 57.2. The van der Waals surface area contributed by atoms with Crippen molar-refractivity contribution in [3.05, 3.63) is 0 Å². The first-order valence-corrected chi connectivity index (χ1v) is 2.68. The Balaban J connectivity index is -0.0000000133. The van der Waals surface area contributed by atoms with E-state index in [2.05, 4.69) is 0 Å².